The number of ether oxygens (including phenoxy) is 1. The van der Waals surface area contributed by atoms with Crippen molar-refractivity contribution >= 4 is 17.5 Å². The van der Waals surface area contributed by atoms with Crippen LogP contribution in [0.25, 0.3) is 0 Å². The molecule has 0 radical (unpaired) electrons. The average molecular weight is 286 g/mol. The van der Waals surface area contributed by atoms with E-state index in [1.54, 1.807) is 0 Å². The number of rotatable bonds is 8. The van der Waals surface area contributed by atoms with Gasteiger partial charge in [0, 0.05) is 13.7 Å². The van der Waals surface area contributed by atoms with E-state index in [0.29, 0.717) is 6.54 Å². The fraction of sp³-hybridized carbons (Fsp3) is 0.636. The number of methoxy groups -OCH3 is 1. The SMILES string of the molecule is CCCn1nc(C)c([N+](=O)[O-])c1NC(COC)C(=O)O. The largest absolute Gasteiger partial charge is 0.480 e. The van der Waals surface area contributed by atoms with Crippen molar-refractivity contribution in [3.8, 4) is 0 Å². The lowest BCUT2D eigenvalue weighted by molar-refractivity contribution is -0.384. The summed E-state index contributed by atoms with van der Waals surface area (Å²) in [6.45, 7) is 3.76. The van der Waals surface area contributed by atoms with Crippen LogP contribution < -0.4 is 5.32 Å². The van der Waals surface area contributed by atoms with Crippen molar-refractivity contribution < 1.29 is 19.6 Å². The van der Waals surface area contributed by atoms with Gasteiger partial charge in [-0.05, 0) is 13.3 Å². The summed E-state index contributed by atoms with van der Waals surface area (Å²) in [6, 6.07) is -1.08. The lowest BCUT2D eigenvalue weighted by Gasteiger charge is -2.15. The average Bonchev–Trinajstić information content (AvgIpc) is 2.65. The Morgan fingerprint density at radius 2 is 2.30 bits per heavy atom. The zero-order chi connectivity index (χ0) is 15.3. The van der Waals surface area contributed by atoms with Gasteiger partial charge in [-0.15, -0.1) is 0 Å². The van der Waals surface area contributed by atoms with E-state index >= 15 is 0 Å². The molecular formula is C11H18N4O5. The van der Waals surface area contributed by atoms with Gasteiger partial charge in [-0.2, -0.15) is 5.10 Å². The number of aryl methyl sites for hydroxylation is 2. The Kier molecular flexibility index (Phi) is 5.44. The van der Waals surface area contributed by atoms with Crippen LogP contribution in [0.5, 0.6) is 0 Å². The summed E-state index contributed by atoms with van der Waals surface area (Å²) in [5, 5.41) is 26.9. The van der Waals surface area contributed by atoms with Crippen molar-refractivity contribution in [3.63, 3.8) is 0 Å². The Hall–Kier alpha value is -2.16. The number of hydrogen-bond acceptors (Lipinski definition) is 6. The fourth-order valence-corrected chi connectivity index (χ4v) is 1.81. The molecule has 0 aliphatic carbocycles. The number of aromatic nitrogens is 2. The third kappa shape index (κ3) is 3.44. The summed E-state index contributed by atoms with van der Waals surface area (Å²) >= 11 is 0. The highest BCUT2D eigenvalue weighted by atomic mass is 16.6. The first-order valence-corrected chi connectivity index (χ1v) is 6.12. The van der Waals surface area contributed by atoms with Crippen molar-refractivity contribution in [2.45, 2.75) is 32.9 Å². The van der Waals surface area contributed by atoms with Crippen LogP contribution in [0.1, 0.15) is 19.0 Å². The van der Waals surface area contributed by atoms with Gasteiger partial charge in [-0.1, -0.05) is 6.92 Å². The molecule has 9 nitrogen and oxygen atoms in total. The normalized spacial score (nSPS) is 12.2. The number of nitro groups is 1. The molecule has 0 aromatic carbocycles. The lowest BCUT2D eigenvalue weighted by Crippen LogP contribution is -2.34. The van der Waals surface area contributed by atoms with Gasteiger partial charge >= 0.3 is 11.7 Å². The van der Waals surface area contributed by atoms with E-state index in [2.05, 4.69) is 10.4 Å². The predicted molar refractivity (Wildman–Crippen MR) is 70.8 cm³/mol. The fourth-order valence-electron chi connectivity index (χ4n) is 1.81. The molecule has 20 heavy (non-hydrogen) atoms. The van der Waals surface area contributed by atoms with Crippen LogP contribution in [0.3, 0.4) is 0 Å². The van der Waals surface area contributed by atoms with E-state index < -0.39 is 16.9 Å². The van der Waals surface area contributed by atoms with Gasteiger partial charge in [0.1, 0.15) is 11.7 Å². The maximum absolute atomic E-state index is 11.1. The van der Waals surface area contributed by atoms with E-state index in [4.69, 9.17) is 9.84 Å². The van der Waals surface area contributed by atoms with Gasteiger partial charge in [0.25, 0.3) is 0 Å². The zero-order valence-electron chi connectivity index (χ0n) is 11.6. The highest BCUT2D eigenvalue weighted by molar-refractivity contribution is 5.78. The molecule has 112 valence electrons. The number of carboxylic acid groups (broad SMARTS) is 1. The summed E-state index contributed by atoms with van der Waals surface area (Å²) in [6.07, 6.45) is 0.717. The van der Waals surface area contributed by atoms with Crippen molar-refractivity contribution in [2.75, 3.05) is 19.0 Å². The van der Waals surface area contributed by atoms with Crippen LogP contribution in [0.4, 0.5) is 11.5 Å². The van der Waals surface area contributed by atoms with E-state index in [0.717, 1.165) is 6.42 Å². The minimum absolute atomic E-state index is 0.0961. The Morgan fingerprint density at radius 1 is 1.65 bits per heavy atom. The molecule has 1 unspecified atom stereocenters. The number of nitrogens with zero attached hydrogens (tertiary/aromatic N) is 3. The minimum Gasteiger partial charge on any atom is -0.480 e. The molecule has 1 aromatic rings. The molecule has 0 aliphatic rings. The molecule has 1 aromatic heterocycles. The van der Waals surface area contributed by atoms with Gasteiger partial charge in [0.2, 0.25) is 5.82 Å². The van der Waals surface area contributed by atoms with Crippen LogP contribution in [0, 0.1) is 17.0 Å². The van der Waals surface area contributed by atoms with E-state index in [1.165, 1.54) is 18.7 Å². The Morgan fingerprint density at radius 3 is 2.75 bits per heavy atom. The summed E-state index contributed by atoms with van der Waals surface area (Å²) in [5.41, 5.74) is 0.0355. The smallest absolute Gasteiger partial charge is 0.333 e. The maximum atomic E-state index is 11.1. The molecule has 1 rings (SSSR count). The lowest BCUT2D eigenvalue weighted by atomic mass is 10.3. The number of nitrogens with one attached hydrogen (secondary N) is 1. The van der Waals surface area contributed by atoms with Crippen molar-refractivity contribution in [2.24, 2.45) is 0 Å². The first kappa shape index (κ1) is 15.9. The number of anilines is 1. The first-order chi connectivity index (χ1) is 9.42. The van der Waals surface area contributed by atoms with Gasteiger partial charge in [-0.25, -0.2) is 9.48 Å². The predicted octanol–water partition coefficient (Wildman–Crippen LogP) is 1.02. The van der Waals surface area contributed by atoms with E-state index in [-0.39, 0.29) is 23.8 Å². The standard InChI is InChI=1S/C11H18N4O5/c1-4-5-14-10(9(15(18)19)7(2)13-14)12-8(6-20-3)11(16)17/h8,12H,4-6H2,1-3H3,(H,16,17). The van der Waals surface area contributed by atoms with Crippen LogP contribution >= 0.6 is 0 Å². The summed E-state index contributed by atoms with van der Waals surface area (Å²) in [4.78, 5) is 21.6. The van der Waals surface area contributed by atoms with E-state index in [1.807, 2.05) is 6.92 Å². The topological polar surface area (TPSA) is 120 Å². The van der Waals surface area contributed by atoms with Crippen LogP contribution in [-0.2, 0) is 16.1 Å². The number of hydrogen-bond donors (Lipinski definition) is 2. The molecule has 1 heterocycles. The van der Waals surface area contributed by atoms with Gasteiger partial charge < -0.3 is 15.2 Å². The molecule has 0 saturated carbocycles. The molecule has 1 atom stereocenters. The molecule has 0 spiro atoms. The summed E-state index contributed by atoms with van der Waals surface area (Å²) < 4.78 is 6.22. The zero-order valence-corrected chi connectivity index (χ0v) is 11.6. The molecule has 0 amide bonds. The Bertz CT molecular complexity index is 499. The highest BCUT2D eigenvalue weighted by Crippen LogP contribution is 2.29. The molecule has 0 saturated heterocycles. The van der Waals surface area contributed by atoms with Gasteiger partial charge in [0.05, 0.1) is 11.5 Å². The summed E-state index contributed by atoms with van der Waals surface area (Å²) in [5.74, 6) is -1.05. The number of aliphatic carboxylic acids is 1. The third-order valence-electron chi connectivity index (χ3n) is 2.66. The first-order valence-electron chi connectivity index (χ1n) is 6.12. The van der Waals surface area contributed by atoms with Gasteiger partial charge in [0.15, 0.2) is 0 Å². The molecule has 0 fully saturated rings. The Labute approximate surface area is 115 Å². The van der Waals surface area contributed by atoms with Crippen molar-refractivity contribution in [3.05, 3.63) is 15.8 Å². The minimum atomic E-state index is -1.15. The second-order valence-corrected chi connectivity index (χ2v) is 4.25. The van der Waals surface area contributed by atoms with Crippen molar-refractivity contribution in [1.82, 2.24) is 9.78 Å². The van der Waals surface area contributed by atoms with Crippen LogP contribution in [0.2, 0.25) is 0 Å². The molecular weight excluding hydrogens is 268 g/mol. The van der Waals surface area contributed by atoms with E-state index in [9.17, 15) is 14.9 Å². The van der Waals surface area contributed by atoms with Crippen LogP contribution in [0.15, 0.2) is 0 Å². The quantitative estimate of drug-likeness (QED) is 0.540. The van der Waals surface area contributed by atoms with Crippen LogP contribution in [-0.4, -0.2) is 45.5 Å². The number of carbonyl (C=O) groups is 1. The monoisotopic (exact) mass is 286 g/mol. The molecule has 9 heteroatoms. The second kappa shape index (κ2) is 6.85. The molecule has 2 N–H and O–H groups in total. The third-order valence-corrected chi connectivity index (χ3v) is 2.66. The highest BCUT2D eigenvalue weighted by Gasteiger charge is 2.29. The number of carboxylic acids is 1. The Balaban J connectivity index is 3.18. The summed E-state index contributed by atoms with van der Waals surface area (Å²) in [7, 11) is 1.36. The molecule has 0 bridgehead atoms. The van der Waals surface area contributed by atoms with Gasteiger partial charge in [-0.3, -0.25) is 10.1 Å². The molecule has 0 aliphatic heterocycles. The maximum Gasteiger partial charge on any atom is 0.333 e. The van der Waals surface area contributed by atoms with Crippen molar-refractivity contribution in [1.29, 1.82) is 0 Å². The second-order valence-electron chi connectivity index (χ2n) is 4.25.